The van der Waals surface area contributed by atoms with E-state index in [-0.39, 0.29) is 23.2 Å². The predicted molar refractivity (Wildman–Crippen MR) is 124 cm³/mol. The summed E-state index contributed by atoms with van der Waals surface area (Å²) < 4.78 is 37.2. The van der Waals surface area contributed by atoms with E-state index in [9.17, 15) is 19.1 Å². The van der Waals surface area contributed by atoms with Gasteiger partial charge in [-0.05, 0) is 37.5 Å². The number of hydrogen-bond donors (Lipinski definition) is 1. The van der Waals surface area contributed by atoms with Crippen LogP contribution in [0.5, 0.6) is 5.75 Å². The lowest BCUT2D eigenvalue weighted by Crippen LogP contribution is -2.38. The highest BCUT2D eigenvalue weighted by molar-refractivity contribution is 5.70. The molecule has 1 aliphatic rings. The zero-order valence-electron chi connectivity index (χ0n) is 19.7. The summed E-state index contributed by atoms with van der Waals surface area (Å²) in [6.07, 6.45) is 5.75. The molecule has 0 radical (unpaired) electrons. The minimum Gasteiger partial charge on any atom is -0.479 e. The van der Waals surface area contributed by atoms with Gasteiger partial charge in [-0.3, -0.25) is 4.98 Å². The van der Waals surface area contributed by atoms with Gasteiger partial charge in [0.05, 0.1) is 36.4 Å². The highest BCUT2D eigenvalue weighted by atomic mass is 19.1. The van der Waals surface area contributed by atoms with Crippen molar-refractivity contribution in [2.45, 2.75) is 32.4 Å². The fourth-order valence-electron chi connectivity index (χ4n) is 4.70. The Hall–Kier alpha value is -4.11. The highest BCUT2D eigenvalue weighted by Gasteiger charge is 2.30. The van der Waals surface area contributed by atoms with Crippen LogP contribution >= 0.6 is 0 Å². The number of aliphatic hydroxyl groups excluding tert-OH is 1. The van der Waals surface area contributed by atoms with Gasteiger partial charge < -0.3 is 14.7 Å². The van der Waals surface area contributed by atoms with Crippen LogP contribution in [0.2, 0.25) is 0 Å². The van der Waals surface area contributed by atoms with Crippen molar-refractivity contribution < 1.29 is 18.6 Å². The number of fused-ring (bicyclic) bond motifs is 1. The minimum atomic E-state index is -0.957. The average molecular weight is 495 g/mol. The Labute approximate surface area is 205 Å². The number of nitriles is 1. The fraction of sp³-hybridized carbons (Fsp3) is 0.375. The molecule has 0 bridgehead atoms. The molecule has 10 nitrogen and oxygen atoms in total. The SMILES string of the molecule is Cc1c(-c2cc(O[C@H](CO)c3ccc(F)cn3)c3c(F)cnn3c2)nnn1[C@H]1CCN(C#N)C[C@H]1C. The number of ether oxygens (including phenoxy) is 1. The number of aliphatic hydroxyl groups is 1. The second-order valence-corrected chi connectivity index (χ2v) is 8.92. The average Bonchev–Trinajstić information content (AvgIpc) is 3.45. The number of halogens is 2. The molecule has 5 rings (SSSR count). The minimum absolute atomic E-state index is 0.0840. The molecule has 1 saturated heterocycles. The molecule has 3 atom stereocenters. The van der Waals surface area contributed by atoms with Crippen molar-refractivity contribution in [2.24, 2.45) is 5.92 Å². The van der Waals surface area contributed by atoms with Crippen molar-refractivity contribution in [2.75, 3.05) is 19.7 Å². The van der Waals surface area contributed by atoms with Gasteiger partial charge in [-0.15, -0.1) is 5.10 Å². The van der Waals surface area contributed by atoms with Gasteiger partial charge >= 0.3 is 0 Å². The topological polar surface area (TPSA) is 117 Å². The molecular formula is C24H24F2N8O2. The molecule has 0 amide bonds. The first-order chi connectivity index (χ1) is 17.4. The second-order valence-electron chi connectivity index (χ2n) is 8.92. The summed E-state index contributed by atoms with van der Waals surface area (Å²) in [4.78, 5) is 5.72. The molecule has 4 aromatic heterocycles. The molecule has 0 unspecified atom stereocenters. The van der Waals surface area contributed by atoms with Crippen LogP contribution in [0.25, 0.3) is 16.8 Å². The summed E-state index contributed by atoms with van der Waals surface area (Å²) in [5, 5.41) is 32.0. The maximum absolute atomic E-state index is 14.6. The van der Waals surface area contributed by atoms with Gasteiger partial charge in [-0.2, -0.15) is 10.4 Å². The molecule has 36 heavy (non-hydrogen) atoms. The van der Waals surface area contributed by atoms with Gasteiger partial charge in [-0.1, -0.05) is 12.1 Å². The summed E-state index contributed by atoms with van der Waals surface area (Å²) in [5.41, 5.74) is 2.36. The Morgan fingerprint density at radius 3 is 2.83 bits per heavy atom. The first kappa shape index (κ1) is 23.6. The van der Waals surface area contributed by atoms with E-state index in [1.54, 1.807) is 17.2 Å². The van der Waals surface area contributed by atoms with Crippen molar-refractivity contribution in [1.82, 2.24) is 34.5 Å². The Morgan fingerprint density at radius 2 is 2.14 bits per heavy atom. The van der Waals surface area contributed by atoms with Gasteiger partial charge in [0.1, 0.15) is 22.8 Å². The number of hydrogen-bond acceptors (Lipinski definition) is 8. The lowest BCUT2D eigenvalue weighted by atomic mass is 9.94. The van der Waals surface area contributed by atoms with E-state index in [1.807, 2.05) is 11.6 Å². The van der Waals surface area contributed by atoms with Crippen LogP contribution in [0.3, 0.4) is 0 Å². The summed E-state index contributed by atoms with van der Waals surface area (Å²) in [6, 6.07) is 4.32. The predicted octanol–water partition coefficient (Wildman–Crippen LogP) is 3.05. The van der Waals surface area contributed by atoms with E-state index in [1.165, 1.54) is 16.6 Å². The van der Waals surface area contributed by atoms with Crippen molar-refractivity contribution in [3.8, 4) is 23.2 Å². The maximum atomic E-state index is 14.6. The van der Waals surface area contributed by atoms with E-state index in [4.69, 9.17) is 4.74 Å². The van der Waals surface area contributed by atoms with Gasteiger partial charge in [0.15, 0.2) is 18.1 Å². The smallest absolute Gasteiger partial charge is 0.179 e. The monoisotopic (exact) mass is 494 g/mol. The quantitative estimate of drug-likeness (QED) is 0.407. The Bertz CT molecular complexity index is 1430. The third-order valence-corrected chi connectivity index (χ3v) is 6.56. The summed E-state index contributed by atoms with van der Waals surface area (Å²) in [5.74, 6) is -0.800. The summed E-state index contributed by atoms with van der Waals surface area (Å²) in [6.45, 7) is 4.83. The molecule has 0 saturated carbocycles. The molecule has 1 N–H and O–H groups in total. The van der Waals surface area contributed by atoms with Crippen LogP contribution < -0.4 is 4.74 Å². The number of likely N-dealkylation sites (tertiary alicyclic amines) is 1. The fourth-order valence-corrected chi connectivity index (χ4v) is 4.70. The molecule has 1 aliphatic heterocycles. The summed E-state index contributed by atoms with van der Waals surface area (Å²) >= 11 is 0. The van der Waals surface area contributed by atoms with Gasteiger partial charge in [-0.25, -0.2) is 18.0 Å². The lowest BCUT2D eigenvalue weighted by Gasteiger charge is -2.34. The number of pyridine rings is 2. The van der Waals surface area contributed by atoms with Crippen LogP contribution in [-0.4, -0.2) is 59.3 Å². The third-order valence-electron chi connectivity index (χ3n) is 6.56. The molecule has 0 spiro atoms. The Morgan fingerprint density at radius 1 is 1.31 bits per heavy atom. The van der Waals surface area contributed by atoms with Crippen molar-refractivity contribution in [3.63, 3.8) is 0 Å². The number of aromatic nitrogens is 6. The van der Waals surface area contributed by atoms with Crippen LogP contribution in [-0.2, 0) is 0 Å². The number of rotatable bonds is 6. The van der Waals surface area contributed by atoms with E-state index in [2.05, 4.69) is 33.5 Å². The molecule has 4 aromatic rings. The Kier molecular flexibility index (Phi) is 6.24. The number of piperidine rings is 1. The van der Waals surface area contributed by atoms with Gasteiger partial charge in [0, 0.05) is 24.8 Å². The van der Waals surface area contributed by atoms with E-state index >= 15 is 0 Å². The standard InChI is InChI=1S/C24H24F2N8O2/c1-14-10-32(13-27)6-5-20(14)34-15(2)23(30-31-34)16-7-21(24-18(26)9-29-33(24)11-16)36-22(12-35)19-4-3-17(25)8-28-19/h3-4,7-9,11,14,20,22,35H,5-6,10,12H2,1-2H3/t14-,20+,22-/m1/s1. The zero-order chi connectivity index (χ0) is 25.4. The highest BCUT2D eigenvalue weighted by Crippen LogP contribution is 2.35. The molecule has 186 valence electrons. The molecule has 12 heteroatoms. The Balaban J connectivity index is 1.52. The molecule has 1 fully saturated rings. The van der Waals surface area contributed by atoms with Crippen LogP contribution in [0.15, 0.2) is 36.8 Å². The molecule has 0 aromatic carbocycles. The van der Waals surface area contributed by atoms with Crippen molar-refractivity contribution in [1.29, 1.82) is 5.26 Å². The van der Waals surface area contributed by atoms with Crippen molar-refractivity contribution >= 4 is 5.52 Å². The molecule has 0 aliphatic carbocycles. The largest absolute Gasteiger partial charge is 0.479 e. The van der Waals surface area contributed by atoms with Gasteiger partial charge in [0.2, 0.25) is 0 Å². The van der Waals surface area contributed by atoms with Crippen LogP contribution in [0, 0.1) is 35.9 Å². The zero-order valence-corrected chi connectivity index (χ0v) is 19.7. The third kappa shape index (κ3) is 4.22. The van der Waals surface area contributed by atoms with Crippen LogP contribution in [0.4, 0.5) is 8.78 Å². The second kappa shape index (κ2) is 9.50. The van der Waals surface area contributed by atoms with Gasteiger partial charge in [0.25, 0.3) is 0 Å². The maximum Gasteiger partial charge on any atom is 0.179 e. The van der Waals surface area contributed by atoms with Crippen LogP contribution in [0.1, 0.15) is 36.9 Å². The van der Waals surface area contributed by atoms with E-state index in [0.29, 0.717) is 30.0 Å². The normalized spacial score (nSPS) is 18.8. The lowest BCUT2D eigenvalue weighted by molar-refractivity contribution is 0.114. The first-order valence-corrected chi connectivity index (χ1v) is 11.5. The van der Waals surface area contributed by atoms with Crippen molar-refractivity contribution in [3.05, 3.63) is 59.8 Å². The number of nitrogens with zero attached hydrogens (tertiary/aromatic N) is 8. The molecular weight excluding hydrogens is 470 g/mol. The summed E-state index contributed by atoms with van der Waals surface area (Å²) in [7, 11) is 0. The molecule has 5 heterocycles. The van der Waals surface area contributed by atoms with E-state index in [0.717, 1.165) is 24.5 Å². The first-order valence-electron chi connectivity index (χ1n) is 11.5. The van der Waals surface area contributed by atoms with E-state index < -0.39 is 24.3 Å².